The average molecular weight is 376 g/mol. The molecule has 0 bridgehead atoms. The number of esters is 1. The van der Waals surface area contributed by atoms with Crippen LogP contribution in [0, 0.1) is 0 Å². The summed E-state index contributed by atoms with van der Waals surface area (Å²) >= 11 is 25.2. The first-order chi connectivity index (χ1) is 10.5. The van der Waals surface area contributed by atoms with E-state index in [9.17, 15) is 4.79 Å². The largest absolute Gasteiger partial charge is 0.465 e. The van der Waals surface area contributed by atoms with Crippen LogP contribution in [0.2, 0.25) is 10.0 Å². The van der Waals surface area contributed by atoms with E-state index in [0.717, 1.165) is 16.7 Å². The molecule has 0 spiro atoms. The number of halogens is 4. The highest BCUT2D eigenvalue weighted by atomic mass is 35.5. The molecule has 0 saturated heterocycles. The Labute approximate surface area is 147 Å². The summed E-state index contributed by atoms with van der Waals surface area (Å²) in [7, 11) is 1.33. The minimum Gasteiger partial charge on any atom is -0.465 e. The molecule has 114 valence electrons. The van der Waals surface area contributed by atoms with Crippen LogP contribution in [0.25, 0.3) is 11.1 Å². The van der Waals surface area contributed by atoms with Gasteiger partial charge >= 0.3 is 5.97 Å². The van der Waals surface area contributed by atoms with E-state index < -0.39 is 16.7 Å². The topological polar surface area (TPSA) is 26.3 Å². The molecule has 0 radical (unpaired) electrons. The van der Waals surface area contributed by atoms with Crippen molar-refractivity contribution in [2.24, 2.45) is 0 Å². The van der Waals surface area contributed by atoms with Gasteiger partial charge in [-0.2, -0.15) is 0 Å². The Morgan fingerprint density at radius 2 is 1.73 bits per heavy atom. The van der Waals surface area contributed by atoms with Crippen molar-refractivity contribution in [3.8, 4) is 11.1 Å². The first-order valence-corrected chi connectivity index (χ1v) is 8.07. The van der Waals surface area contributed by atoms with Crippen molar-refractivity contribution in [2.45, 2.75) is 10.8 Å². The number of methoxy groups -OCH3 is 1. The third-order valence-corrected chi connectivity index (χ3v) is 5.53. The van der Waals surface area contributed by atoms with E-state index in [1.807, 2.05) is 6.07 Å². The molecular formula is C16H10Cl4O2. The van der Waals surface area contributed by atoms with Gasteiger partial charge in [-0.3, -0.25) is 0 Å². The van der Waals surface area contributed by atoms with Crippen LogP contribution < -0.4 is 0 Å². The van der Waals surface area contributed by atoms with Gasteiger partial charge in [0.1, 0.15) is 0 Å². The molecule has 6 heteroatoms. The fraction of sp³-hybridized carbons (Fsp3) is 0.188. The number of hydrogen-bond donors (Lipinski definition) is 0. The van der Waals surface area contributed by atoms with Crippen LogP contribution in [0.4, 0.5) is 0 Å². The lowest BCUT2D eigenvalue weighted by Gasteiger charge is -2.30. The number of fused-ring (bicyclic) bond motifs is 3. The molecule has 0 aliphatic heterocycles. The van der Waals surface area contributed by atoms with Crippen molar-refractivity contribution in [3.63, 3.8) is 0 Å². The number of alkyl halides is 2. The SMILES string of the molecule is COC(=O)c1cccc2c1[C@H](Cl)[C@H](Cl)c1cc(Cl)c(Cl)cc1-2. The van der Waals surface area contributed by atoms with E-state index in [0.29, 0.717) is 21.2 Å². The Balaban J connectivity index is 2.33. The maximum Gasteiger partial charge on any atom is 0.338 e. The van der Waals surface area contributed by atoms with Gasteiger partial charge in [-0.05, 0) is 40.5 Å². The number of rotatable bonds is 1. The lowest BCUT2D eigenvalue weighted by molar-refractivity contribution is 0.0599. The monoisotopic (exact) mass is 374 g/mol. The summed E-state index contributed by atoms with van der Waals surface area (Å²) in [5.41, 5.74) is 3.50. The summed E-state index contributed by atoms with van der Waals surface area (Å²) in [6.07, 6.45) is 0. The van der Waals surface area contributed by atoms with Crippen molar-refractivity contribution in [1.82, 2.24) is 0 Å². The van der Waals surface area contributed by atoms with E-state index in [4.69, 9.17) is 51.1 Å². The van der Waals surface area contributed by atoms with E-state index in [1.165, 1.54) is 7.11 Å². The Hall–Kier alpha value is -0.930. The highest BCUT2D eigenvalue weighted by molar-refractivity contribution is 6.42. The molecule has 1 aliphatic rings. The summed E-state index contributed by atoms with van der Waals surface area (Å²) in [4.78, 5) is 12.0. The molecular weight excluding hydrogens is 366 g/mol. The normalized spacial score (nSPS) is 19.3. The summed E-state index contributed by atoms with van der Waals surface area (Å²) < 4.78 is 4.83. The average Bonchev–Trinajstić information content (AvgIpc) is 2.53. The van der Waals surface area contributed by atoms with Crippen LogP contribution in [0.15, 0.2) is 30.3 Å². The Kier molecular flexibility index (Phi) is 4.30. The summed E-state index contributed by atoms with van der Waals surface area (Å²) in [6, 6.07) is 8.79. The Morgan fingerprint density at radius 1 is 1.05 bits per heavy atom. The number of ether oxygens (including phenoxy) is 1. The highest BCUT2D eigenvalue weighted by Gasteiger charge is 2.35. The highest BCUT2D eigenvalue weighted by Crippen LogP contribution is 2.53. The molecule has 0 heterocycles. The van der Waals surface area contributed by atoms with Gasteiger partial charge in [-0.15, -0.1) is 23.2 Å². The molecule has 1 aliphatic carbocycles. The van der Waals surface area contributed by atoms with Gasteiger partial charge in [0.25, 0.3) is 0 Å². The Bertz CT molecular complexity index is 773. The molecule has 2 aromatic carbocycles. The predicted octanol–water partition coefficient (Wildman–Crippen LogP) is 6.02. The van der Waals surface area contributed by atoms with E-state index in [1.54, 1.807) is 24.3 Å². The molecule has 0 N–H and O–H groups in total. The number of carbonyl (C=O) groups is 1. The third-order valence-electron chi connectivity index (χ3n) is 3.72. The van der Waals surface area contributed by atoms with Gasteiger partial charge in [0.15, 0.2) is 0 Å². The Morgan fingerprint density at radius 3 is 2.41 bits per heavy atom. The fourth-order valence-electron chi connectivity index (χ4n) is 2.71. The molecule has 3 rings (SSSR count). The van der Waals surface area contributed by atoms with Crippen LogP contribution in [0.5, 0.6) is 0 Å². The number of benzene rings is 2. The predicted molar refractivity (Wildman–Crippen MR) is 90.4 cm³/mol. The summed E-state index contributed by atoms with van der Waals surface area (Å²) in [5.74, 6) is -0.449. The van der Waals surface area contributed by atoms with Gasteiger partial charge in [0.05, 0.1) is 33.5 Å². The smallest absolute Gasteiger partial charge is 0.338 e. The molecule has 0 saturated carbocycles. The molecule has 0 aromatic heterocycles. The lowest BCUT2D eigenvalue weighted by Crippen LogP contribution is -2.15. The molecule has 0 amide bonds. The zero-order chi connectivity index (χ0) is 16.0. The summed E-state index contributed by atoms with van der Waals surface area (Å²) in [5, 5.41) is -0.254. The minimum absolute atomic E-state index is 0.405. The molecule has 0 fully saturated rings. The van der Waals surface area contributed by atoms with Gasteiger partial charge in [-0.25, -0.2) is 4.79 Å². The standard InChI is InChI=1S/C16H10Cl4O2/c1-22-16(21)8-4-2-3-7-9-5-11(17)12(18)6-10(9)14(19)15(20)13(7)8/h2-6,14-15H,1H3/t14-,15+/m1/s1. The summed E-state index contributed by atoms with van der Waals surface area (Å²) in [6.45, 7) is 0. The molecule has 2 atom stereocenters. The maximum atomic E-state index is 12.0. The zero-order valence-electron chi connectivity index (χ0n) is 11.4. The van der Waals surface area contributed by atoms with Crippen LogP contribution in [-0.4, -0.2) is 13.1 Å². The van der Waals surface area contributed by atoms with E-state index in [2.05, 4.69) is 0 Å². The quantitative estimate of drug-likeness (QED) is 0.450. The van der Waals surface area contributed by atoms with Crippen molar-refractivity contribution in [1.29, 1.82) is 0 Å². The van der Waals surface area contributed by atoms with Crippen LogP contribution in [0.1, 0.15) is 32.2 Å². The van der Waals surface area contributed by atoms with Gasteiger partial charge in [-0.1, -0.05) is 35.3 Å². The van der Waals surface area contributed by atoms with E-state index in [-0.39, 0.29) is 0 Å². The lowest BCUT2D eigenvalue weighted by atomic mass is 9.82. The first-order valence-electron chi connectivity index (χ1n) is 6.44. The second kappa shape index (κ2) is 5.93. The zero-order valence-corrected chi connectivity index (χ0v) is 14.4. The van der Waals surface area contributed by atoms with Crippen molar-refractivity contribution >= 4 is 52.4 Å². The van der Waals surface area contributed by atoms with Crippen LogP contribution in [-0.2, 0) is 4.74 Å². The minimum atomic E-state index is -0.572. The second-order valence-corrected chi connectivity index (χ2v) is 6.67. The molecule has 2 nitrogen and oxygen atoms in total. The molecule has 0 unspecified atom stereocenters. The maximum absolute atomic E-state index is 12.0. The van der Waals surface area contributed by atoms with Crippen molar-refractivity contribution in [2.75, 3.05) is 7.11 Å². The van der Waals surface area contributed by atoms with Crippen molar-refractivity contribution in [3.05, 3.63) is 57.1 Å². The molecule has 22 heavy (non-hydrogen) atoms. The van der Waals surface area contributed by atoms with Gasteiger partial charge < -0.3 is 4.74 Å². The number of carbonyl (C=O) groups excluding carboxylic acids is 1. The third kappa shape index (κ3) is 2.39. The number of hydrogen-bond acceptors (Lipinski definition) is 2. The first kappa shape index (κ1) is 15.9. The fourth-order valence-corrected chi connectivity index (χ4v) is 3.73. The molecule has 2 aromatic rings. The van der Waals surface area contributed by atoms with Crippen molar-refractivity contribution < 1.29 is 9.53 Å². The van der Waals surface area contributed by atoms with E-state index >= 15 is 0 Å². The van der Waals surface area contributed by atoms with Crippen LogP contribution in [0.3, 0.4) is 0 Å². The second-order valence-electron chi connectivity index (χ2n) is 4.92. The van der Waals surface area contributed by atoms with Gasteiger partial charge in [0.2, 0.25) is 0 Å². The van der Waals surface area contributed by atoms with Gasteiger partial charge in [0, 0.05) is 0 Å². The van der Waals surface area contributed by atoms with Crippen LogP contribution >= 0.6 is 46.4 Å².